The minimum Gasteiger partial charge on any atom is -0.312 e. The highest BCUT2D eigenvalue weighted by Gasteiger charge is 2.21. The largest absolute Gasteiger partial charge is 0.367 e. The molecule has 25 heavy (non-hydrogen) atoms. The van der Waals surface area contributed by atoms with E-state index in [1.807, 2.05) is 13.8 Å². The number of benzene rings is 1. The molecular formula is C17H15ClN2O5. The number of allylic oxidation sites excluding steroid dienone is 4. The summed E-state index contributed by atoms with van der Waals surface area (Å²) in [4.78, 5) is 39.1. The molecule has 1 aliphatic carbocycles. The summed E-state index contributed by atoms with van der Waals surface area (Å²) in [6.07, 6.45) is 2.98. The molecule has 0 spiro atoms. The molecule has 0 saturated carbocycles. The SMILES string of the molecule is CC1=CC(=O)C(C(C)C)=C/C1=N\OC(=O)c1cc([N+](=O)[O-])ccc1Cl. The van der Waals surface area contributed by atoms with Crippen LogP contribution in [-0.2, 0) is 9.63 Å². The number of nitro benzene ring substituents is 1. The van der Waals surface area contributed by atoms with Crippen LogP contribution in [0.4, 0.5) is 5.69 Å². The van der Waals surface area contributed by atoms with Crippen molar-refractivity contribution < 1.29 is 19.3 Å². The maximum absolute atomic E-state index is 12.1. The van der Waals surface area contributed by atoms with Gasteiger partial charge >= 0.3 is 5.97 Å². The van der Waals surface area contributed by atoms with E-state index < -0.39 is 10.9 Å². The topological polar surface area (TPSA) is 98.9 Å². The van der Waals surface area contributed by atoms with Gasteiger partial charge < -0.3 is 4.84 Å². The van der Waals surface area contributed by atoms with Crippen molar-refractivity contribution in [2.24, 2.45) is 11.1 Å². The fraction of sp³-hybridized carbons (Fsp3) is 0.235. The summed E-state index contributed by atoms with van der Waals surface area (Å²) in [6, 6.07) is 3.44. The molecule has 0 aliphatic heterocycles. The van der Waals surface area contributed by atoms with E-state index in [0.717, 1.165) is 6.07 Å². The van der Waals surface area contributed by atoms with Gasteiger partial charge in [0.1, 0.15) is 5.71 Å². The van der Waals surface area contributed by atoms with Crippen LogP contribution < -0.4 is 0 Å². The molecule has 130 valence electrons. The lowest BCUT2D eigenvalue weighted by molar-refractivity contribution is -0.384. The highest BCUT2D eigenvalue weighted by molar-refractivity contribution is 6.33. The predicted octanol–water partition coefficient (Wildman–Crippen LogP) is 3.87. The number of carbonyl (C=O) groups excluding carboxylic acids is 2. The third-order valence-corrected chi connectivity index (χ3v) is 3.89. The monoisotopic (exact) mass is 362 g/mol. The van der Waals surface area contributed by atoms with Gasteiger partial charge in [-0.3, -0.25) is 14.9 Å². The van der Waals surface area contributed by atoms with E-state index in [0.29, 0.717) is 16.9 Å². The molecule has 2 rings (SSSR count). The average molecular weight is 363 g/mol. The summed E-state index contributed by atoms with van der Waals surface area (Å²) in [7, 11) is 0. The number of non-ortho nitro benzene ring substituents is 1. The molecule has 0 atom stereocenters. The highest BCUT2D eigenvalue weighted by atomic mass is 35.5. The first-order chi connectivity index (χ1) is 11.7. The van der Waals surface area contributed by atoms with Crippen molar-refractivity contribution in [2.75, 3.05) is 0 Å². The van der Waals surface area contributed by atoms with Crippen molar-refractivity contribution in [1.82, 2.24) is 0 Å². The van der Waals surface area contributed by atoms with Crippen molar-refractivity contribution in [3.8, 4) is 0 Å². The predicted molar refractivity (Wildman–Crippen MR) is 92.6 cm³/mol. The Morgan fingerprint density at radius 1 is 1.32 bits per heavy atom. The molecule has 1 aliphatic rings. The fourth-order valence-corrected chi connectivity index (χ4v) is 2.35. The number of ketones is 1. The van der Waals surface area contributed by atoms with Gasteiger partial charge in [0.2, 0.25) is 0 Å². The second-order valence-electron chi connectivity index (χ2n) is 5.72. The molecule has 0 amide bonds. The van der Waals surface area contributed by atoms with Gasteiger partial charge in [0.25, 0.3) is 5.69 Å². The number of nitro groups is 1. The Morgan fingerprint density at radius 2 is 2.00 bits per heavy atom. The molecule has 0 heterocycles. The van der Waals surface area contributed by atoms with Crippen LogP contribution in [0.25, 0.3) is 0 Å². The van der Waals surface area contributed by atoms with E-state index in [4.69, 9.17) is 16.4 Å². The summed E-state index contributed by atoms with van der Waals surface area (Å²) in [5.41, 5.74) is 0.978. The Hall–Kier alpha value is -2.80. The normalized spacial score (nSPS) is 15.9. The van der Waals surface area contributed by atoms with Gasteiger partial charge in [0, 0.05) is 17.7 Å². The molecular weight excluding hydrogens is 348 g/mol. The van der Waals surface area contributed by atoms with E-state index in [1.54, 1.807) is 13.0 Å². The zero-order chi connectivity index (χ0) is 18.7. The van der Waals surface area contributed by atoms with E-state index in [2.05, 4.69) is 5.16 Å². The van der Waals surface area contributed by atoms with Crippen molar-refractivity contribution in [2.45, 2.75) is 20.8 Å². The third kappa shape index (κ3) is 4.19. The van der Waals surface area contributed by atoms with Gasteiger partial charge in [-0.2, -0.15) is 0 Å². The minimum atomic E-state index is -0.926. The van der Waals surface area contributed by atoms with Crippen LogP contribution in [0.3, 0.4) is 0 Å². The van der Waals surface area contributed by atoms with Gasteiger partial charge in [-0.05, 0) is 36.6 Å². The molecule has 0 bridgehead atoms. The zero-order valence-corrected chi connectivity index (χ0v) is 14.5. The summed E-state index contributed by atoms with van der Waals surface area (Å²) in [5, 5.41) is 14.6. The molecule has 0 saturated heterocycles. The fourth-order valence-electron chi connectivity index (χ4n) is 2.16. The molecule has 0 unspecified atom stereocenters. The Bertz CT molecular complexity index is 853. The van der Waals surface area contributed by atoms with Gasteiger partial charge in [0.05, 0.1) is 15.5 Å². The van der Waals surface area contributed by atoms with Crippen LogP contribution in [0.2, 0.25) is 5.02 Å². The minimum absolute atomic E-state index is 0.0102. The molecule has 8 heteroatoms. The number of nitrogens with zero attached hydrogens (tertiary/aromatic N) is 2. The van der Waals surface area contributed by atoms with Gasteiger partial charge in [-0.15, -0.1) is 0 Å². The highest BCUT2D eigenvalue weighted by Crippen LogP contribution is 2.23. The lowest BCUT2D eigenvalue weighted by Crippen LogP contribution is -2.16. The smallest absolute Gasteiger partial charge is 0.312 e. The van der Waals surface area contributed by atoms with Crippen LogP contribution in [0.1, 0.15) is 31.1 Å². The Kier molecular flexibility index (Phi) is 5.48. The number of halogens is 1. The van der Waals surface area contributed by atoms with Gasteiger partial charge in [-0.1, -0.05) is 30.6 Å². The second-order valence-corrected chi connectivity index (χ2v) is 6.13. The molecule has 1 aromatic rings. The molecule has 0 aromatic heterocycles. The van der Waals surface area contributed by atoms with Crippen molar-refractivity contribution in [3.63, 3.8) is 0 Å². The van der Waals surface area contributed by atoms with Crippen molar-refractivity contribution in [1.29, 1.82) is 0 Å². The quantitative estimate of drug-likeness (QED) is 0.350. The molecule has 0 N–H and O–H groups in total. The number of hydrogen-bond donors (Lipinski definition) is 0. The lowest BCUT2D eigenvalue weighted by Gasteiger charge is -2.14. The summed E-state index contributed by atoms with van der Waals surface area (Å²) in [5.74, 6) is -1.05. The standard InChI is InChI=1S/C17H15ClN2O5/c1-9(2)12-8-15(10(3)6-16(12)21)19-25-17(22)13-7-11(20(23)24)4-5-14(13)18/h4-9H,1-3H3/b19-15+. The summed E-state index contributed by atoms with van der Waals surface area (Å²) in [6.45, 7) is 5.40. The van der Waals surface area contributed by atoms with Crippen molar-refractivity contribution >= 4 is 34.8 Å². The average Bonchev–Trinajstić information content (AvgIpc) is 2.53. The van der Waals surface area contributed by atoms with Crippen LogP contribution in [0.15, 0.2) is 46.7 Å². The molecule has 7 nitrogen and oxygen atoms in total. The van der Waals surface area contributed by atoms with Crippen molar-refractivity contribution in [3.05, 3.63) is 62.2 Å². The van der Waals surface area contributed by atoms with E-state index in [1.165, 1.54) is 18.2 Å². The molecule has 0 radical (unpaired) electrons. The first-order valence-corrected chi connectivity index (χ1v) is 7.76. The first kappa shape index (κ1) is 18.5. The van der Waals surface area contributed by atoms with Crippen LogP contribution in [-0.4, -0.2) is 22.4 Å². The Morgan fingerprint density at radius 3 is 2.60 bits per heavy atom. The Balaban J connectivity index is 2.28. The second kappa shape index (κ2) is 7.40. The number of hydrogen-bond acceptors (Lipinski definition) is 6. The maximum Gasteiger partial charge on any atom is 0.367 e. The number of rotatable bonds is 4. The lowest BCUT2D eigenvalue weighted by atomic mass is 9.90. The zero-order valence-electron chi connectivity index (χ0n) is 13.8. The first-order valence-electron chi connectivity index (χ1n) is 7.38. The number of carbonyl (C=O) groups is 2. The molecule has 0 fully saturated rings. The van der Waals surface area contributed by atoms with Gasteiger partial charge in [-0.25, -0.2) is 4.79 Å². The van der Waals surface area contributed by atoms with E-state index >= 15 is 0 Å². The Labute approximate surface area is 148 Å². The van der Waals surface area contributed by atoms with E-state index in [9.17, 15) is 19.7 Å². The number of oxime groups is 1. The summed E-state index contributed by atoms with van der Waals surface area (Å²) >= 11 is 5.89. The third-order valence-electron chi connectivity index (χ3n) is 3.56. The maximum atomic E-state index is 12.1. The summed E-state index contributed by atoms with van der Waals surface area (Å²) < 4.78 is 0. The van der Waals surface area contributed by atoms with E-state index in [-0.39, 0.29) is 28.0 Å². The van der Waals surface area contributed by atoms with Crippen LogP contribution >= 0.6 is 11.6 Å². The van der Waals surface area contributed by atoms with Crippen LogP contribution in [0.5, 0.6) is 0 Å². The van der Waals surface area contributed by atoms with Crippen LogP contribution in [0, 0.1) is 16.0 Å². The molecule has 1 aromatic carbocycles. The van der Waals surface area contributed by atoms with Gasteiger partial charge in [0.15, 0.2) is 5.78 Å².